The average molecular weight is 520 g/mol. The van der Waals surface area contributed by atoms with Crippen LogP contribution in [0.3, 0.4) is 0 Å². The lowest BCUT2D eigenvalue weighted by Crippen LogP contribution is -2.36. The van der Waals surface area contributed by atoms with Gasteiger partial charge >= 0.3 is 0 Å². The van der Waals surface area contributed by atoms with Gasteiger partial charge in [-0.1, -0.05) is 0 Å². The lowest BCUT2D eigenvalue weighted by Gasteiger charge is -2.26. The molecule has 2 aromatic rings. The van der Waals surface area contributed by atoms with Gasteiger partial charge in [-0.3, -0.25) is 4.79 Å². The first kappa shape index (κ1) is 18.2. The smallest absolute Gasteiger partial charge is 0.271 e. The predicted octanol–water partition coefficient (Wildman–Crippen LogP) is 2.95. The second-order valence-electron chi connectivity index (χ2n) is 5.27. The van der Waals surface area contributed by atoms with Crippen LogP contribution in [0.25, 0.3) is 0 Å². The molecule has 0 saturated carbocycles. The molecule has 9 heteroatoms. The molecule has 0 spiro atoms. The zero-order valence-corrected chi connectivity index (χ0v) is 16.8. The minimum atomic E-state index is -0.415. The highest BCUT2D eigenvalue weighted by molar-refractivity contribution is 14.1. The first-order valence-corrected chi connectivity index (χ1v) is 9.35. The Bertz CT molecular complexity index is 803. The molecule has 1 aromatic heterocycles. The summed E-state index contributed by atoms with van der Waals surface area (Å²) in [5.74, 6) is 0.877. The molecule has 7 nitrogen and oxygen atoms in total. The summed E-state index contributed by atoms with van der Waals surface area (Å²) in [6, 6.07) is 6.46. The van der Waals surface area contributed by atoms with E-state index in [2.05, 4.69) is 31.4 Å². The van der Waals surface area contributed by atoms with Crippen molar-refractivity contribution in [1.29, 1.82) is 0 Å². The Hall–Kier alpha value is -1.59. The number of hydrogen-bond donors (Lipinski definition) is 2. The number of benzene rings is 1. The van der Waals surface area contributed by atoms with E-state index in [0.717, 1.165) is 23.4 Å². The number of rotatable bonds is 4. The molecule has 2 N–H and O–H groups in total. The summed E-state index contributed by atoms with van der Waals surface area (Å²) in [7, 11) is 0. The standard InChI is InChI=1S/C16H15BrIN3O4/c17-12-8-11(25-16(12)21-3-5-24-6-4-21)9-19-20-15(23)10-1-2-13(18)14(22)7-10/h1-2,7-9,22H,3-6H2,(H,20,23)/b19-9-. The molecule has 0 aliphatic carbocycles. The first-order chi connectivity index (χ1) is 12.0. The van der Waals surface area contributed by atoms with Crippen LogP contribution in [-0.4, -0.2) is 43.5 Å². The highest BCUT2D eigenvalue weighted by atomic mass is 127. The number of halogens is 2. The molecule has 1 fully saturated rings. The fourth-order valence-electron chi connectivity index (χ4n) is 2.30. The van der Waals surface area contributed by atoms with Gasteiger partial charge in [0.15, 0.2) is 5.76 Å². The van der Waals surface area contributed by atoms with Gasteiger partial charge in [0.1, 0.15) is 5.75 Å². The fraction of sp³-hybridized carbons (Fsp3) is 0.250. The highest BCUT2D eigenvalue weighted by Crippen LogP contribution is 2.30. The van der Waals surface area contributed by atoms with E-state index in [-0.39, 0.29) is 5.75 Å². The van der Waals surface area contributed by atoms with Gasteiger partial charge in [-0.2, -0.15) is 5.10 Å². The molecule has 1 amide bonds. The summed E-state index contributed by atoms with van der Waals surface area (Å²) >= 11 is 5.46. The second-order valence-corrected chi connectivity index (χ2v) is 7.28. The minimum Gasteiger partial charge on any atom is -0.507 e. The van der Waals surface area contributed by atoms with E-state index in [0.29, 0.717) is 28.1 Å². The number of carbonyl (C=O) groups is 1. The molecule has 0 bridgehead atoms. The van der Waals surface area contributed by atoms with Gasteiger partial charge in [0.2, 0.25) is 5.88 Å². The molecule has 3 rings (SSSR count). The number of hydrogen-bond acceptors (Lipinski definition) is 6. The van der Waals surface area contributed by atoms with E-state index >= 15 is 0 Å². The van der Waals surface area contributed by atoms with Crippen molar-refractivity contribution in [1.82, 2.24) is 5.43 Å². The van der Waals surface area contributed by atoms with E-state index in [1.807, 2.05) is 22.6 Å². The Balaban J connectivity index is 1.64. The van der Waals surface area contributed by atoms with Crippen LogP contribution in [-0.2, 0) is 4.74 Å². The minimum absolute atomic E-state index is 0.0577. The van der Waals surface area contributed by atoms with Crippen LogP contribution in [0.15, 0.2) is 38.3 Å². The van der Waals surface area contributed by atoms with Crippen molar-refractivity contribution in [2.45, 2.75) is 0 Å². The predicted molar refractivity (Wildman–Crippen MR) is 105 cm³/mol. The maximum Gasteiger partial charge on any atom is 0.271 e. The van der Waals surface area contributed by atoms with Crippen LogP contribution in [0.2, 0.25) is 0 Å². The van der Waals surface area contributed by atoms with Crippen molar-refractivity contribution in [2.75, 3.05) is 31.2 Å². The summed E-state index contributed by atoms with van der Waals surface area (Å²) in [4.78, 5) is 14.1. The van der Waals surface area contributed by atoms with E-state index < -0.39 is 5.91 Å². The third-order valence-corrected chi connectivity index (χ3v) is 5.03. The van der Waals surface area contributed by atoms with Crippen LogP contribution >= 0.6 is 38.5 Å². The first-order valence-electron chi connectivity index (χ1n) is 7.48. The Morgan fingerprint density at radius 3 is 2.84 bits per heavy atom. The van der Waals surface area contributed by atoms with Crippen molar-refractivity contribution in [3.05, 3.63) is 43.6 Å². The lowest BCUT2D eigenvalue weighted by molar-refractivity contribution is 0.0954. The highest BCUT2D eigenvalue weighted by Gasteiger charge is 2.18. The van der Waals surface area contributed by atoms with Crippen molar-refractivity contribution < 1.29 is 19.1 Å². The molecule has 1 aliphatic heterocycles. The van der Waals surface area contributed by atoms with Gasteiger partial charge in [-0.15, -0.1) is 0 Å². The van der Waals surface area contributed by atoms with Crippen molar-refractivity contribution in [3.63, 3.8) is 0 Å². The van der Waals surface area contributed by atoms with Gasteiger partial charge in [0.25, 0.3) is 5.91 Å². The molecular weight excluding hydrogens is 505 g/mol. The summed E-state index contributed by atoms with van der Waals surface area (Å²) < 4.78 is 12.6. The number of amides is 1. The number of phenols is 1. The van der Waals surface area contributed by atoms with Crippen molar-refractivity contribution in [3.8, 4) is 5.75 Å². The Kier molecular flexibility index (Phi) is 5.97. The molecule has 1 aromatic carbocycles. The molecule has 2 heterocycles. The second kappa shape index (κ2) is 8.19. The largest absolute Gasteiger partial charge is 0.507 e. The third kappa shape index (κ3) is 4.53. The van der Waals surface area contributed by atoms with Gasteiger partial charge in [-0.05, 0) is 56.7 Å². The SMILES string of the molecule is O=C(N/N=C\c1cc(Br)c(N2CCOCC2)o1)c1ccc(I)c(O)c1. The van der Waals surface area contributed by atoms with E-state index in [1.165, 1.54) is 12.3 Å². The number of nitrogens with one attached hydrogen (secondary N) is 1. The Morgan fingerprint density at radius 2 is 2.12 bits per heavy atom. The monoisotopic (exact) mass is 519 g/mol. The Labute approximate surface area is 166 Å². The lowest BCUT2D eigenvalue weighted by atomic mass is 10.2. The quantitative estimate of drug-likeness (QED) is 0.368. The fourth-order valence-corrected chi connectivity index (χ4v) is 3.19. The molecule has 132 valence electrons. The van der Waals surface area contributed by atoms with Gasteiger partial charge < -0.3 is 19.2 Å². The molecule has 1 aliphatic rings. The molecular formula is C16H15BrIN3O4. The van der Waals surface area contributed by atoms with E-state index in [1.54, 1.807) is 18.2 Å². The summed E-state index contributed by atoms with van der Waals surface area (Å²) in [6.45, 7) is 2.84. The van der Waals surface area contributed by atoms with Crippen LogP contribution in [0, 0.1) is 3.57 Å². The van der Waals surface area contributed by atoms with Crippen LogP contribution < -0.4 is 10.3 Å². The number of furan rings is 1. The van der Waals surface area contributed by atoms with Gasteiger partial charge in [0.05, 0.1) is 27.5 Å². The molecule has 25 heavy (non-hydrogen) atoms. The Morgan fingerprint density at radius 1 is 1.36 bits per heavy atom. The number of carbonyl (C=O) groups excluding carboxylic acids is 1. The number of hydrazone groups is 1. The number of aromatic hydroxyl groups is 1. The number of anilines is 1. The van der Waals surface area contributed by atoms with Gasteiger partial charge in [-0.25, -0.2) is 5.43 Å². The van der Waals surface area contributed by atoms with Crippen LogP contribution in [0.4, 0.5) is 5.88 Å². The normalized spacial score (nSPS) is 14.9. The molecule has 0 radical (unpaired) electrons. The average Bonchev–Trinajstić information content (AvgIpc) is 2.98. The van der Waals surface area contributed by atoms with E-state index in [4.69, 9.17) is 9.15 Å². The van der Waals surface area contributed by atoms with Crippen molar-refractivity contribution in [2.24, 2.45) is 5.10 Å². The number of phenolic OH excluding ortho intramolecular Hbond substituents is 1. The zero-order valence-electron chi connectivity index (χ0n) is 13.0. The van der Waals surface area contributed by atoms with Crippen molar-refractivity contribution >= 4 is 56.5 Å². The number of morpholine rings is 1. The number of ether oxygens (including phenoxy) is 1. The maximum atomic E-state index is 12.0. The summed E-state index contributed by atoms with van der Waals surface area (Å²) in [5, 5.41) is 13.6. The molecule has 1 saturated heterocycles. The van der Waals surface area contributed by atoms with Gasteiger partial charge in [0, 0.05) is 24.7 Å². The molecule has 0 atom stereocenters. The molecule has 0 unspecified atom stereocenters. The topological polar surface area (TPSA) is 87.3 Å². The van der Waals surface area contributed by atoms with Crippen LogP contribution in [0.5, 0.6) is 5.75 Å². The summed E-state index contributed by atoms with van der Waals surface area (Å²) in [6.07, 6.45) is 1.43. The number of nitrogens with zero attached hydrogens (tertiary/aromatic N) is 2. The maximum absolute atomic E-state index is 12.0. The third-order valence-electron chi connectivity index (χ3n) is 3.55. The zero-order chi connectivity index (χ0) is 17.8. The summed E-state index contributed by atoms with van der Waals surface area (Å²) in [5.41, 5.74) is 2.73. The van der Waals surface area contributed by atoms with Crippen LogP contribution in [0.1, 0.15) is 16.1 Å². The van der Waals surface area contributed by atoms with E-state index in [9.17, 15) is 9.90 Å².